The molecule has 84 valence electrons. The van der Waals surface area contributed by atoms with Crippen molar-refractivity contribution in [2.24, 2.45) is 0 Å². The molecule has 0 aliphatic rings. The third-order valence-electron chi connectivity index (χ3n) is 2.12. The summed E-state index contributed by atoms with van der Waals surface area (Å²) >= 11 is 0. The Kier molecular flexibility index (Phi) is 2.59. The maximum Gasteiger partial charge on any atom is 0.524 e. The monoisotopic (exact) mass is 239 g/mol. The molecule has 0 spiro atoms. The summed E-state index contributed by atoms with van der Waals surface area (Å²) in [5, 5.41) is 1.38. The van der Waals surface area contributed by atoms with Crippen molar-refractivity contribution in [2.45, 2.75) is 0 Å². The smallest absolute Gasteiger partial charge is 0.401 e. The van der Waals surface area contributed by atoms with Crippen LogP contribution in [-0.4, -0.2) is 9.79 Å². The highest BCUT2D eigenvalue weighted by Crippen LogP contribution is 2.43. The van der Waals surface area contributed by atoms with Crippen molar-refractivity contribution < 1.29 is 18.9 Å². The minimum absolute atomic E-state index is 0.0198. The zero-order valence-electron chi connectivity index (χ0n) is 8.20. The number of hydrogen-bond donors (Lipinski definition) is 3. The summed E-state index contributed by atoms with van der Waals surface area (Å²) in [6, 6.07) is 10.4. The van der Waals surface area contributed by atoms with E-state index < -0.39 is 7.82 Å². The molecular weight excluding hydrogens is 229 g/mol. The standard InChI is InChI=1S/C10H10NO4P/c11-9-6-5-7-3-1-2-4-8(7)10(9)15-16(12,13)14/h1-6H,11H2,(H2,12,13,14). The van der Waals surface area contributed by atoms with E-state index in [0.717, 1.165) is 5.39 Å². The Bertz CT molecular complexity index is 578. The number of nitrogens with two attached hydrogens (primary N) is 1. The van der Waals surface area contributed by atoms with E-state index in [-0.39, 0.29) is 11.4 Å². The Morgan fingerprint density at radius 1 is 1.12 bits per heavy atom. The van der Waals surface area contributed by atoms with Crippen LogP contribution in [0.2, 0.25) is 0 Å². The van der Waals surface area contributed by atoms with E-state index in [4.69, 9.17) is 15.5 Å². The summed E-state index contributed by atoms with van der Waals surface area (Å²) in [5.74, 6) is 0.0198. The summed E-state index contributed by atoms with van der Waals surface area (Å²) in [6.07, 6.45) is 0. The van der Waals surface area contributed by atoms with Crippen LogP contribution in [0.5, 0.6) is 5.75 Å². The van der Waals surface area contributed by atoms with Crippen LogP contribution < -0.4 is 10.3 Å². The van der Waals surface area contributed by atoms with Gasteiger partial charge in [0.1, 0.15) is 0 Å². The summed E-state index contributed by atoms with van der Waals surface area (Å²) in [4.78, 5) is 17.6. The van der Waals surface area contributed by atoms with E-state index in [1.807, 2.05) is 6.07 Å². The number of hydrogen-bond acceptors (Lipinski definition) is 3. The molecule has 0 saturated carbocycles. The minimum atomic E-state index is -4.60. The molecule has 2 aromatic rings. The van der Waals surface area contributed by atoms with Gasteiger partial charge in [-0.15, -0.1) is 0 Å². The molecule has 0 unspecified atom stereocenters. The van der Waals surface area contributed by atoms with E-state index in [2.05, 4.69) is 4.52 Å². The molecule has 0 fully saturated rings. The molecule has 2 rings (SSSR count). The quantitative estimate of drug-likeness (QED) is 0.549. The first-order valence-electron chi connectivity index (χ1n) is 4.50. The average molecular weight is 239 g/mol. The van der Waals surface area contributed by atoms with Gasteiger partial charge in [-0.1, -0.05) is 30.3 Å². The number of nitrogen functional groups attached to an aromatic ring is 1. The lowest BCUT2D eigenvalue weighted by Gasteiger charge is -2.11. The van der Waals surface area contributed by atoms with Gasteiger partial charge in [-0.05, 0) is 11.5 Å². The molecule has 2 aromatic carbocycles. The van der Waals surface area contributed by atoms with E-state index in [1.54, 1.807) is 30.3 Å². The Morgan fingerprint density at radius 3 is 2.50 bits per heavy atom. The predicted octanol–water partition coefficient (Wildman–Crippen LogP) is 1.89. The molecule has 0 atom stereocenters. The number of fused-ring (bicyclic) bond motifs is 1. The first kappa shape index (κ1) is 11.0. The van der Waals surface area contributed by atoms with Crippen molar-refractivity contribution in [3.8, 4) is 5.75 Å². The molecule has 0 saturated heterocycles. The van der Waals surface area contributed by atoms with Gasteiger partial charge in [0.25, 0.3) is 0 Å². The van der Waals surface area contributed by atoms with Gasteiger partial charge in [0, 0.05) is 5.39 Å². The lowest BCUT2D eigenvalue weighted by Crippen LogP contribution is -1.96. The van der Waals surface area contributed by atoms with Crippen molar-refractivity contribution in [3.63, 3.8) is 0 Å². The van der Waals surface area contributed by atoms with Crippen molar-refractivity contribution >= 4 is 24.3 Å². The summed E-state index contributed by atoms with van der Waals surface area (Å²) in [7, 11) is -4.60. The molecule has 0 amide bonds. The summed E-state index contributed by atoms with van der Waals surface area (Å²) < 4.78 is 15.4. The predicted molar refractivity (Wildman–Crippen MR) is 61.0 cm³/mol. The Balaban J connectivity index is 2.66. The van der Waals surface area contributed by atoms with Crippen LogP contribution in [0.3, 0.4) is 0 Å². The first-order valence-corrected chi connectivity index (χ1v) is 6.03. The van der Waals surface area contributed by atoms with E-state index in [9.17, 15) is 4.57 Å². The molecule has 0 bridgehead atoms. The van der Waals surface area contributed by atoms with Gasteiger partial charge in [-0.25, -0.2) is 4.57 Å². The second-order valence-electron chi connectivity index (χ2n) is 3.29. The fourth-order valence-electron chi connectivity index (χ4n) is 1.48. The van der Waals surface area contributed by atoms with Crippen molar-refractivity contribution in [1.82, 2.24) is 0 Å². The molecule has 6 heteroatoms. The molecule has 0 aromatic heterocycles. The van der Waals surface area contributed by atoms with E-state index >= 15 is 0 Å². The lowest BCUT2D eigenvalue weighted by atomic mass is 10.1. The van der Waals surface area contributed by atoms with Crippen LogP contribution >= 0.6 is 7.82 Å². The number of benzene rings is 2. The second kappa shape index (κ2) is 3.79. The fourth-order valence-corrected chi connectivity index (χ4v) is 1.92. The van der Waals surface area contributed by atoms with Crippen molar-refractivity contribution in [1.29, 1.82) is 0 Å². The van der Waals surface area contributed by atoms with Gasteiger partial charge in [0.15, 0.2) is 5.75 Å². The Hall–Kier alpha value is -1.55. The zero-order chi connectivity index (χ0) is 11.8. The number of phosphoric ester groups is 1. The molecule has 0 heterocycles. The second-order valence-corrected chi connectivity index (χ2v) is 4.45. The van der Waals surface area contributed by atoms with Crippen LogP contribution in [0.15, 0.2) is 36.4 Å². The third kappa shape index (κ3) is 2.17. The molecule has 16 heavy (non-hydrogen) atoms. The van der Waals surface area contributed by atoms with Gasteiger partial charge in [0.2, 0.25) is 0 Å². The molecule has 4 N–H and O–H groups in total. The maximum absolute atomic E-state index is 10.8. The van der Waals surface area contributed by atoms with Gasteiger partial charge in [-0.3, -0.25) is 9.79 Å². The Labute approximate surface area is 91.7 Å². The van der Waals surface area contributed by atoms with Crippen LogP contribution in [0.1, 0.15) is 0 Å². The fraction of sp³-hybridized carbons (Fsp3) is 0. The van der Waals surface area contributed by atoms with Gasteiger partial charge in [-0.2, -0.15) is 0 Å². The SMILES string of the molecule is Nc1ccc2ccccc2c1OP(=O)(O)O. The normalized spacial score (nSPS) is 11.6. The summed E-state index contributed by atoms with van der Waals surface area (Å²) in [5.41, 5.74) is 5.82. The van der Waals surface area contributed by atoms with E-state index in [1.165, 1.54) is 0 Å². The number of rotatable bonds is 2. The lowest BCUT2D eigenvalue weighted by molar-refractivity contribution is 0.285. The van der Waals surface area contributed by atoms with Crippen LogP contribution in [0.25, 0.3) is 10.8 Å². The molecule has 0 aliphatic carbocycles. The molecule has 5 nitrogen and oxygen atoms in total. The van der Waals surface area contributed by atoms with Gasteiger partial charge < -0.3 is 10.3 Å². The summed E-state index contributed by atoms with van der Waals surface area (Å²) in [6.45, 7) is 0. The maximum atomic E-state index is 10.8. The average Bonchev–Trinajstić information content (AvgIpc) is 2.21. The Morgan fingerprint density at radius 2 is 1.81 bits per heavy atom. The van der Waals surface area contributed by atoms with Gasteiger partial charge >= 0.3 is 7.82 Å². The third-order valence-corrected chi connectivity index (χ3v) is 2.54. The molecule has 0 aliphatic heterocycles. The highest BCUT2D eigenvalue weighted by atomic mass is 31.2. The largest absolute Gasteiger partial charge is 0.524 e. The van der Waals surface area contributed by atoms with Crippen molar-refractivity contribution in [3.05, 3.63) is 36.4 Å². The topological polar surface area (TPSA) is 92.8 Å². The van der Waals surface area contributed by atoms with E-state index in [0.29, 0.717) is 5.39 Å². The highest BCUT2D eigenvalue weighted by molar-refractivity contribution is 7.46. The molecule has 0 radical (unpaired) electrons. The number of anilines is 1. The minimum Gasteiger partial charge on any atom is -0.401 e. The first-order chi connectivity index (χ1) is 7.47. The van der Waals surface area contributed by atoms with Crippen LogP contribution in [0, 0.1) is 0 Å². The van der Waals surface area contributed by atoms with Gasteiger partial charge in [0.05, 0.1) is 5.69 Å². The molecular formula is C10H10NO4P. The van der Waals surface area contributed by atoms with Crippen molar-refractivity contribution in [2.75, 3.05) is 5.73 Å². The van der Waals surface area contributed by atoms with Crippen LogP contribution in [0.4, 0.5) is 5.69 Å². The van der Waals surface area contributed by atoms with Crippen LogP contribution in [-0.2, 0) is 4.57 Å². The highest BCUT2D eigenvalue weighted by Gasteiger charge is 2.19. The zero-order valence-corrected chi connectivity index (χ0v) is 9.09. The number of phosphoric acid groups is 1.